The van der Waals surface area contributed by atoms with Crippen molar-refractivity contribution in [3.05, 3.63) is 51.8 Å². The number of carbonyl (C=O) groups is 1. The van der Waals surface area contributed by atoms with Gasteiger partial charge in [-0.15, -0.1) is 0 Å². The molecule has 8 heteroatoms. The summed E-state index contributed by atoms with van der Waals surface area (Å²) in [4.78, 5) is 20.4. The second-order valence-corrected chi connectivity index (χ2v) is 6.90. The fraction of sp³-hybridized carbons (Fsp3) is 0.389. The number of nitrogens with zero attached hydrogens (tertiary/aromatic N) is 2. The number of carbonyl (C=O) groups excluding carboxylic acids is 1. The fourth-order valence-electron chi connectivity index (χ4n) is 2.68. The molecule has 26 heavy (non-hydrogen) atoms. The number of ether oxygens (including phenoxy) is 1. The van der Waals surface area contributed by atoms with Crippen LogP contribution in [0, 0.1) is 0 Å². The van der Waals surface area contributed by atoms with Gasteiger partial charge in [0.05, 0.1) is 11.7 Å². The summed E-state index contributed by atoms with van der Waals surface area (Å²) in [7, 11) is 0. The molecule has 0 spiro atoms. The highest BCUT2D eigenvalue weighted by molar-refractivity contribution is 6.35. The third-order valence-corrected chi connectivity index (χ3v) is 4.71. The van der Waals surface area contributed by atoms with Crippen molar-refractivity contribution in [2.24, 2.45) is 0 Å². The third kappa shape index (κ3) is 5.30. The predicted octanol–water partition coefficient (Wildman–Crippen LogP) is 3.35. The van der Waals surface area contributed by atoms with Crippen molar-refractivity contribution in [2.75, 3.05) is 25.0 Å². The highest BCUT2D eigenvalue weighted by Gasteiger charge is 2.17. The summed E-state index contributed by atoms with van der Waals surface area (Å²) in [5.41, 5.74) is 1.42. The fourth-order valence-corrected chi connectivity index (χ4v) is 3.19. The molecule has 138 valence electrons. The molecule has 1 fully saturated rings. The molecule has 0 saturated carbocycles. The van der Waals surface area contributed by atoms with E-state index in [-0.39, 0.29) is 12.0 Å². The van der Waals surface area contributed by atoms with E-state index < -0.39 is 0 Å². The lowest BCUT2D eigenvalue weighted by molar-refractivity contribution is 0.0857. The number of rotatable bonds is 7. The average molecular weight is 395 g/mol. The number of aromatic nitrogens is 2. The first-order valence-electron chi connectivity index (χ1n) is 8.51. The first-order valence-corrected chi connectivity index (χ1v) is 9.27. The number of halogens is 2. The Bertz CT molecular complexity index is 749. The summed E-state index contributed by atoms with van der Waals surface area (Å²) in [5.74, 6) is 0.269. The van der Waals surface area contributed by atoms with Crippen molar-refractivity contribution in [1.29, 1.82) is 0 Å². The average Bonchev–Trinajstić information content (AvgIpc) is 3.16. The Morgan fingerprint density at radius 3 is 2.77 bits per heavy atom. The van der Waals surface area contributed by atoms with Gasteiger partial charge in [0.15, 0.2) is 0 Å². The molecule has 1 aromatic carbocycles. The maximum absolute atomic E-state index is 12.1. The third-order valence-electron chi connectivity index (χ3n) is 4.12. The van der Waals surface area contributed by atoms with Gasteiger partial charge in [-0.3, -0.25) is 4.79 Å². The van der Waals surface area contributed by atoms with Crippen LogP contribution in [0.3, 0.4) is 0 Å². The Morgan fingerprint density at radius 1 is 1.27 bits per heavy atom. The molecule has 1 amide bonds. The molecule has 2 N–H and O–H groups in total. The van der Waals surface area contributed by atoms with Crippen LogP contribution in [0.15, 0.2) is 30.6 Å². The van der Waals surface area contributed by atoms with E-state index in [0.717, 1.165) is 25.0 Å². The lowest BCUT2D eigenvalue weighted by Crippen LogP contribution is -2.31. The smallest absolute Gasteiger partial charge is 0.254 e. The molecule has 1 atom stereocenters. The van der Waals surface area contributed by atoms with Crippen LogP contribution in [0.2, 0.25) is 10.0 Å². The van der Waals surface area contributed by atoms with Crippen LogP contribution in [0.5, 0.6) is 0 Å². The first-order chi connectivity index (χ1) is 12.6. The molecule has 1 aliphatic heterocycles. The van der Waals surface area contributed by atoms with Crippen molar-refractivity contribution in [3.8, 4) is 0 Å². The number of amides is 1. The lowest BCUT2D eigenvalue weighted by atomic mass is 10.1. The summed E-state index contributed by atoms with van der Waals surface area (Å²) in [6, 6.07) is 5.43. The normalized spacial score (nSPS) is 16.5. The zero-order valence-electron chi connectivity index (χ0n) is 14.2. The second-order valence-electron chi connectivity index (χ2n) is 6.05. The zero-order chi connectivity index (χ0) is 18.4. The van der Waals surface area contributed by atoms with E-state index >= 15 is 0 Å². The largest absolute Gasteiger partial charge is 0.376 e. The van der Waals surface area contributed by atoms with Gasteiger partial charge in [0.2, 0.25) is 5.95 Å². The zero-order valence-corrected chi connectivity index (χ0v) is 15.7. The molecule has 2 aromatic rings. The van der Waals surface area contributed by atoms with Gasteiger partial charge in [-0.05, 0) is 37.0 Å². The molecule has 6 nitrogen and oxygen atoms in total. The summed E-state index contributed by atoms with van der Waals surface area (Å²) in [5, 5.41) is 7.21. The Balaban J connectivity index is 1.45. The summed E-state index contributed by atoms with van der Waals surface area (Å²) in [6.07, 6.45) is 5.87. The van der Waals surface area contributed by atoms with Gasteiger partial charge in [0, 0.05) is 42.1 Å². The topological polar surface area (TPSA) is 76.1 Å². The van der Waals surface area contributed by atoms with Crippen LogP contribution < -0.4 is 10.6 Å². The van der Waals surface area contributed by atoms with Gasteiger partial charge >= 0.3 is 0 Å². The number of hydrogen-bond donors (Lipinski definition) is 2. The van der Waals surface area contributed by atoms with E-state index in [0.29, 0.717) is 41.1 Å². The van der Waals surface area contributed by atoms with E-state index in [9.17, 15) is 4.79 Å². The molecule has 0 radical (unpaired) electrons. The van der Waals surface area contributed by atoms with Gasteiger partial charge in [-0.25, -0.2) is 9.97 Å². The molecule has 3 rings (SSSR count). The number of nitrogens with one attached hydrogen (secondary N) is 2. The molecular weight excluding hydrogens is 375 g/mol. The Kier molecular flexibility index (Phi) is 6.66. The lowest BCUT2D eigenvalue weighted by Gasteiger charge is -2.11. The Labute approximate surface area is 162 Å². The van der Waals surface area contributed by atoms with Crippen LogP contribution in [0.25, 0.3) is 0 Å². The van der Waals surface area contributed by atoms with E-state index in [1.54, 1.807) is 6.07 Å². The molecule has 0 aliphatic carbocycles. The molecule has 1 aromatic heterocycles. The van der Waals surface area contributed by atoms with Crippen LogP contribution in [0.4, 0.5) is 5.95 Å². The van der Waals surface area contributed by atoms with Crippen LogP contribution in [-0.4, -0.2) is 41.7 Å². The number of benzene rings is 1. The molecule has 0 bridgehead atoms. The summed E-state index contributed by atoms with van der Waals surface area (Å²) < 4.78 is 5.48. The maximum atomic E-state index is 12.1. The van der Waals surface area contributed by atoms with Crippen molar-refractivity contribution >= 4 is 35.1 Å². The minimum absolute atomic E-state index is 0.112. The van der Waals surface area contributed by atoms with Gasteiger partial charge in [0.1, 0.15) is 0 Å². The van der Waals surface area contributed by atoms with Crippen LogP contribution in [0.1, 0.15) is 28.8 Å². The highest BCUT2D eigenvalue weighted by Crippen LogP contribution is 2.21. The Hall–Kier alpha value is -1.89. The summed E-state index contributed by atoms with van der Waals surface area (Å²) in [6.45, 7) is 1.90. The van der Waals surface area contributed by atoms with Crippen molar-refractivity contribution in [2.45, 2.75) is 25.4 Å². The van der Waals surface area contributed by atoms with Gasteiger partial charge < -0.3 is 15.4 Å². The van der Waals surface area contributed by atoms with Gasteiger partial charge in [-0.2, -0.15) is 0 Å². The molecule has 2 heterocycles. The molecule has 1 unspecified atom stereocenters. The molecule has 1 aliphatic rings. The van der Waals surface area contributed by atoms with Crippen LogP contribution >= 0.6 is 23.2 Å². The van der Waals surface area contributed by atoms with E-state index in [1.165, 1.54) is 12.4 Å². The van der Waals surface area contributed by atoms with Crippen LogP contribution in [-0.2, 0) is 11.2 Å². The van der Waals surface area contributed by atoms with Crippen molar-refractivity contribution < 1.29 is 9.53 Å². The van der Waals surface area contributed by atoms with E-state index in [4.69, 9.17) is 27.9 Å². The van der Waals surface area contributed by atoms with E-state index in [1.807, 2.05) is 12.1 Å². The predicted molar refractivity (Wildman–Crippen MR) is 102 cm³/mol. The van der Waals surface area contributed by atoms with Gasteiger partial charge in [0.25, 0.3) is 5.91 Å². The molecule has 1 saturated heterocycles. The Morgan fingerprint density at radius 2 is 2.08 bits per heavy atom. The minimum atomic E-state index is -0.194. The van der Waals surface area contributed by atoms with E-state index in [2.05, 4.69) is 20.6 Å². The monoisotopic (exact) mass is 394 g/mol. The first kappa shape index (κ1) is 18.9. The number of anilines is 1. The minimum Gasteiger partial charge on any atom is -0.376 e. The quantitative estimate of drug-likeness (QED) is 0.752. The van der Waals surface area contributed by atoms with Gasteiger partial charge in [-0.1, -0.05) is 29.3 Å². The SMILES string of the molecule is O=C(NCC1CCCO1)c1cnc(NCCc2ccc(Cl)cc2Cl)nc1. The summed E-state index contributed by atoms with van der Waals surface area (Å²) >= 11 is 12.0. The second kappa shape index (κ2) is 9.16. The van der Waals surface area contributed by atoms with Crippen molar-refractivity contribution in [3.63, 3.8) is 0 Å². The number of hydrogen-bond acceptors (Lipinski definition) is 5. The highest BCUT2D eigenvalue weighted by atomic mass is 35.5. The standard InChI is InChI=1S/C18H20Cl2N4O2/c19-14-4-3-12(16(20)8-14)5-6-21-18-23-9-13(10-24-18)17(25)22-11-15-2-1-7-26-15/h3-4,8-10,15H,1-2,5-7,11H2,(H,22,25)(H,21,23,24). The maximum Gasteiger partial charge on any atom is 0.254 e. The van der Waals surface area contributed by atoms with Crippen molar-refractivity contribution in [1.82, 2.24) is 15.3 Å². The molecular formula is C18H20Cl2N4O2.